The van der Waals surface area contributed by atoms with Gasteiger partial charge in [0.05, 0.1) is 0 Å². The summed E-state index contributed by atoms with van der Waals surface area (Å²) in [5, 5.41) is 9.97. The van der Waals surface area contributed by atoms with Gasteiger partial charge >= 0.3 is 0 Å². The Morgan fingerprint density at radius 3 is 2.22 bits per heavy atom. The first-order valence-corrected chi connectivity index (χ1v) is 5.38. The molecule has 1 atom stereocenters. The van der Waals surface area contributed by atoms with Crippen LogP contribution in [-0.2, 0) is 0 Å². The highest BCUT2D eigenvalue weighted by molar-refractivity contribution is 5.34. The molecule has 0 heterocycles. The Labute approximate surface area is 103 Å². The van der Waals surface area contributed by atoms with Crippen molar-refractivity contribution in [3.8, 4) is 0 Å². The zero-order valence-electron chi connectivity index (χ0n) is 9.62. The van der Waals surface area contributed by atoms with Crippen molar-refractivity contribution in [2.45, 2.75) is 13.0 Å². The van der Waals surface area contributed by atoms with Gasteiger partial charge < -0.3 is 5.11 Å². The first-order chi connectivity index (χ1) is 8.49. The molecule has 0 saturated carbocycles. The number of aryl methyl sites for hydroxylation is 1. The SMILES string of the molecule is Cc1cccc(C(O)c2cc(F)cc(F)c2)c1F. The van der Waals surface area contributed by atoms with E-state index in [0.717, 1.165) is 12.1 Å². The second-order valence-corrected chi connectivity index (χ2v) is 4.08. The maximum Gasteiger partial charge on any atom is 0.132 e. The summed E-state index contributed by atoms with van der Waals surface area (Å²) >= 11 is 0. The molecule has 0 bridgehead atoms. The smallest absolute Gasteiger partial charge is 0.132 e. The van der Waals surface area contributed by atoms with Gasteiger partial charge in [0.1, 0.15) is 23.6 Å². The van der Waals surface area contributed by atoms with Crippen LogP contribution in [0, 0.1) is 24.4 Å². The van der Waals surface area contributed by atoms with Crippen LogP contribution in [0.3, 0.4) is 0 Å². The number of hydrogen-bond donors (Lipinski definition) is 1. The number of aliphatic hydroxyl groups is 1. The topological polar surface area (TPSA) is 20.2 Å². The molecular formula is C14H11F3O. The van der Waals surface area contributed by atoms with Crippen molar-refractivity contribution in [1.82, 2.24) is 0 Å². The van der Waals surface area contributed by atoms with Gasteiger partial charge in [0.2, 0.25) is 0 Å². The van der Waals surface area contributed by atoms with Crippen molar-refractivity contribution in [3.05, 3.63) is 70.5 Å². The molecule has 0 aliphatic heterocycles. The lowest BCUT2D eigenvalue weighted by atomic mass is 9.99. The Hall–Kier alpha value is -1.81. The van der Waals surface area contributed by atoms with E-state index in [1.54, 1.807) is 19.1 Å². The average Bonchev–Trinajstić information content (AvgIpc) is 2.30. The Morgan fingerprint density at radius 1 is 1.00 bits per heavy atom. The maximum absolute atomic E-state index is 13.8. The minimum atomic E-state index is -1.39. The van der Waals surface area contributed by atoms with E-state index in [9.17, 15) is 18.3 Å². The van der Waals surface area contributed by atoms with Gasteiger partial charge in [-0.15, -0.1) is 0 Å². The molecule has 2 aromatic rings. The van der Waals surface area contributed by atoms with Gasteiger partial charge in [-0.1, -0.05) is 18.2 Å². The molecule has 0 aromatic heterocycles. The molecule has 0 aliphatic rings. The second kappa shape index (κ2) is 4.82. The summed E-state index contributed by atoms with van der Waals surface area (Å²) in [7, 11) is 0. The Kier molecular flexibility index (Phi) is 3.39. The minimum absolute atomic E-state index is 0. The zero-order chi connectivity index (χ0) is 13.3. The molecule has 94 valence electrons. The third-order valence-electron chi connectivity index (χ3n) is 2.72. The molecule has 2 aromatic carbocycles. The van der Waals surface area contributed by atoms with Crippen molar-refractivity contribution >= 4 is 0 Å². The largest absolute Gasteiger partial charge is 0.384 e. The van der Waals surface area contributed by atoms with Crippen molar-refractivity contribution in [2.75, 3.05) is 0 Å². The third-order valence-corrected chi connectivity index (χ3v) is 2.72. The standard InChI is InChI=1S/C14H11F3O/c1-8-3-2-4-12(13(8)17)14(18)9-5-10(15)7-11(16)6-9/h2-7,14,18H,1H3. The number of aliphatic hydroxyl groups excluding tert-OH is 1. The van der Waals surface area contributed by atoms with Gasteiger partial charge in [-0.25, -0.2) is 13.2 Å². The third kappa shape index (κ3) is 2.38. The molecule has 0 amide bonds. The molecule has 0 radical (unpaired) electrons. The minimum Gasteiger partial charge on any atom is -0.384 e. The molecule has 18 heavy (non-hydrogen) atoms. The quantitative estimate of drug-likeness (QED) is 0.867. The van der Waals surface area contributed by atoms with Crippen molar-refractivity contribution in [2.24, 2.45) is 0 Å². The van der Waals surface area contributed by atoms with Crippen molar-refractivity contribution < 1.29 is 18.3 Å². The van der Waals surface area contributed by atoms with Gasteiger partial charge in [0.25, 0.3) is 0 Å². The van der Waals surface area contributed by atoms with Crippen LogP contribution in [0.1, 0.15) is 22.8 Å². The van der Waals surface area contributed by atoms with E-state index in [1.165, 1.54) is 6.07 Å². The fourth-order valence-corrected chi connectivity index (χ4v) is 1.79. The molecular weight excluding hydrogens is 241 g/mol. The van der Waals surface area contributed by atoms with Gasteiger partial charge in [0.15, 0.2) is 0 Å². The van der Waals surface area contributed by atoms with Crippen LogP contribution in [0.5, 0.6) is 0 Å². The summed E-state index contributed by atoms with van der Waals surface area (Å²) in [6.45, 7) is 1.55. The lowest BCUT2D eigenvalue weighted by molar-refractivity contribution is 0.213. The van der Waals surface area contributed by atoms with Crippen LogP contribution >= 0.6 is 0 Å². The molecule has 0 aliphatic carbocycles. The molecule has 0 spiro atoms. The second-order valence-electron chi connectivity index (χ2n) is 4.08. The molecule has 0 saturated heterocycles. The molecule has 4 heteroatoms. The van der Waals surface area contributed by atoms with Gasteiger partial charge in [-0.05, 0) is 30.2 Å². The number of hydrogen-bond acceptors (Lipinski definition) is 1. The molecule has 1 N–H and O–H groups in total. The zero-order valence-corrected chi connectivity index (χ0v) is 9.62. The van der Waals surface area contributed by atoms with Gasteiger partial charge in [-0.3, -0.25) is 0 Å². The normalized spacial score (nSPS) is 12.5. The Balaban J connectivity index is 2.47. The van der Waals surface area contributed by atoms with E-state index in [1.807, 2.05) is 0 Å². The highest BCUT2D eigenvalue weighted by Gasteiger charge is 2.17. The lowest BCUT2D eigenvalue weighted by Crippen LogP contribution is -2.04. The molecule has 0 fully saturated rings. The number of benzene rings is 2. The molecule has 2 rings (SSSR count). The van der Waals surface area contributed by atoms with Crippen LogP contribution in [-0.4, -0.2) is 5.11 Å². The van der Waals surface area contributed by atoms with E-state index in [2.05, 4.69) is 0 Å². The summed E-state index contributed by atoms with van der Waals surface area (Å²) in [5.74, 6) is -2.19. The van der Waals surface area contributed by atoms with E-state index < -0.39 is 23.6 Å². The summed E-state index contributed by atoms with van der Waals surface area (Å²) in [4.78, 5) is 0. The summed E-state index contributed by atoms with van der Waals surface area (Å²) < 4.78 is 39.9. The van der Waals surface area contributed by atoms with Gasteiger partial charge in [0, 0.05) is 11.6 Å². The van der Waals surface area contributed by atoms with Crippen LogP contribution < -0.4 is 0 Å². The molecule has 1 nitrogen and oxygen atoms in total. The Bertz CT molecular complexity index is 561. The number of halogens is 3. The predicted molar refractivity (Wildman–Crippen MR) is 61.6 cm³/mol. The average molecular weight is 252 g/mol. The monoisotopic (exact) mass is 252 g/mol. The predicted octanol–water partition coefficient (Wildman–Crippen LogP) is 3.49. The highest BCUT2D eigenvalue weighted by atomic mass is 19.1. The fraction of sp³-hybridized carbons (Fsp3) is 0.143. The number of rotatable bonds is 2. The first-order valence-electron chi connectivity index (χ1n) is 5.38. The Morgan fingerprint density at radius 2 is 1.61 bits per heavy atom. The van der Waals surface area contributed by atoms with Crippen molar-refractivity contribution in [1.29, 1.82) is 0 Å². The van der Waals surface area contributed by atoms with Crippen LogP contribution in [0.25, 0.3) is 0 Å². The molecule has 1 unspecified atom stereocenters. The summed E-state index contributed by atoms with van der Waals surface area (Å²) in [6, 6.07) is 7.17. The van der Waals surface area contributed by atoms with Crippen LogP contribution in [0.15, 0.2) is 36.4 Å². The maximum atomic E-state index is 13.8. The van der Waals surface area contributed by atoms with Gasteiger partial charge in [-0.2, -0.15) is 0 Å². The van der Waals surface area contributed by atoms with E-state index >= 15 is 0 Å². The van der Waals surface area contributed by atoms with E-state index in [4.69, 9.17) is 0 Å². The summed E-state index contributed by atoms with van der Waals surface area (Å²) in [6.07, 6.45) is -1.39. The highest BCUT2D eigenvalue weighted by Crippen LogP contribution is 2.26. The van der Waals surface area contributed by atoms with Crippen LogP contribution in [0.2, 0.25) is 0 Å². The van der Waals surface area contributed by atoms with E-state index in [-0.39, 0.29) is 11.1 Å². The lowest BCUT2D eigenvalue weighted by Gasteiger charge is -2.13. The summed E-state index contributed by atoms with van der Waals surface area (Å²) in [5.41, 5.74) is 0.348. The van der Waals surface area contributed by atoms with E-state index in [0.29, 0.717) is 11.6 Å². The van der Waals surface area contributed by atoms with Crippen molar-refractivity contribution in [3.63, 3.8) is 0 Å². The fourth-order valence-electron chi connectivity index (χ4n) is 1.79. The first kappa shape index (κ1) is 12.6. The van der Waals surface area contributed by atoms with Crippen LogP contribution in [0.4, 0.5) is 13.2 Å².